The Hall–Kier alpha value is -1.41. The highest BCUT2D eigenvalue weighted by Gasteiger charge is 2.09. The van der Waals surface area contributed by atoms with Crippen molar-refractivity contribution in [1.29, 1.82) is 0 Å². The van der Waals surface area contributed by atoms with Gasteiger partial charge in [0.25, 0.3) is 0 Å². The lowest BCUT2D eigenvalue weighted by Gasteiger charge is -2.13. The van der Waals surface area contributed by atoms with Gasteiger partial charge in [0, 0.05) is 17.6 Å². The zero-order valence-electron chi connectivity index (χ0n) is 11.7. The van der Waals surface area contributed by atoms with Crippen LogP contribution < -0.4 is 5.32 Å². The standard InChI is InChI=1S/C16H22N2/c1-5-17-10-13-9-12(4)18-16-14(11(2)3)7-6-8-15(13)16/h6-9,11,17H,5,10H2,1-4H3. The number of rotatable bonds is 4. The van der Waals surface area contributed by atoms with Crippen molar-refractivity contribution in [1.82, 2.24) is 10.3 Å². The molecule has 0 saturated heterocycles. The number of aromatic nitrogens is 1. The van der Waals surface area contributed by atoms with Crippen molar-refractivity contribution in [3.63, 3.8) is 0 Å². The van der Waals surface area contributed by atoms with Gasteiger partial charge in [-0.1, -0.05) is 39.0 Å². The summed E-state index contributed by atoms with van der Waals surface area (Å²) < 4.78 is 0. The van der Waals surface area contributed by atoms with Gasteiger partial charge in [-0.15, -0.1) is 0 Å². The summed E-state index contributed by atoms with van der Waals surface area (Å²) in [5.41, 5.74) is 4.96. The highest BCUT2D eigenvalue weighted by atomic mass is 14.8. The van der Waals surface area contributed by atoms with E-state index in [0.717, 1.165) is 18.8 Å². The summed E-state index contributed by atoms with van der Waals surface area (Å²) in [5.74, 6) is 0.509. The van der Waals surface area contributed by atoms with Gasteiger partial charge in [0.15, 0.2) is 0 Å². The van der Waals surface area contributed by atoms with Crippen LogP contribution in [-0.4, -0.2) is 11.5 Å². The third-order valence-electron chi connectivity index (χ3n) is 3.27. The van der Waals surface area contributed by atoms with E-state index in [9.17, 15) is 0 Å². The Labute approximate surface area is 109 Å². The van der Waals surface area contributed by atoms with E-state index in [0.29, 0.717) is 5.92 Å². The minimum Gasteiger partial charge on any atom is -0.313 e. The number of fused-ring (bicyclic) bond motifs is 1. The maximum atomic E-state index is 4.74. The van der Waals surface area contributed by atoms with Crippen molar-refractivity contribution in [2.24, 2.45) is 0 Å². The molecule has 1 heterocycles. The van der Waals surface area contributed by atoms with Crippen LogP contribution in [0.5, 0.6) is 0 Å². The lowest BCUT2D eigenvalue weighted by molar-refractivity contribution is 0.729. The second-order valence-electron chi connectivity index (χ2n) is 5.10. The van der Waals surface area contributed by atoms with Gasteiger partial charge in [0.2, 0.25) is 0 Å². The molecule has 2 rings (SSSR count). The van der Waals surface area contributed by atoms with E-state index in [1.807, 2.05) is 0 Å². The first kappa shape index (κ1) is 13.0. The molecule has 0 aliphatic rings. The predicted molar refractivity (Wildman–Crippen MR) is 77.9 cm³/mol. The molecule has 0 amide bonds. The summed E-state index contributed by atoms with van der Waals surface area (Å²) in [6.45, 7) is 10.6. The lowest BCUT2D eigenvalue weighted by atomic mass is 9.97. The van der Waals surface area contributed by atoms with Crippen LogP contribution in [-0.2, 0) is 6.54 Å². The monoisotopic (exact) mass is 242 g/mol. The summed E-state index contributed by atoms with van der Waals surface area (Å²) in [7, 11) is 0. The molecule has 0 bridgehead atoms. The largest absolute Gasteiger partial charge is 0.313 e. The number of nitrogens with one attached hydrogen (secondary N) is 1. The second kappa shape index (κ2) is 5.49. The Morgan fingerprint density at radius 3 is 2.72 bits per heavy atom. The zero-order valence-corrected chi connectivity index (χ0v) is 11.7. The summed E-state index contributed by atoms with van der Waals surface area (Å²) in [6, 6.07) is 8.70. The van der Waals surface area contributed by atoms with Crippen molar-refractivity contribution in [2.75, 3.05) is 6.54 Å². The Kier molecular flexibility index (Phi) is 3.97. The fraction of sp³-hybridized carbons (Fsp3) is 0.438. The third-order valence-corrected chi connectivity index (χ3v) is 3.27. The average Bonchev–Trinajstić information content (AvgIpc) is 2.34. The molecule has 0 spiro atoms. The quantitative estimate of drug-likeness (QED) is 0.882. The lowest BCUT2D eigenvalue weighted by Crippen LogP contribution is -2.12. The molecule has 1 aromatic heterocycles. The Bertz CT molecular complexity index is 544. The van der Waals surface area contributed by atoms with Crippen LogP contribution in [0, 0.1) is 6.92 Å². The van der Waals surface area contributed by atoms with E-state index in [1.165, 1.54) is 22.0 Å². The van der Waals surface area contributed by atoms with Gasteiger partial charge in [-0.3, -0.25) is 4.98 Å². The van der Waals surface area contributed by atoms with Crippen molar-refractivity contribution in [3.05, 3.63) is 41.1 Å². The molecule has 2 aromatic rings. The number of nitrogens with zero attached hydrogens (tertiary/aromatic N) is 1. The first-order valence-corrected chi connectivity index (χ1v) is 6.73. The highest BCUT2D eigenvalue weighted by Crippen LogP contribution is 2.26. The van der Waals surface area contributed by atoms with E-state index in [-0.39, 0.29) is 0 Å². The molecule has 0 radical (unpaired) electrons. The van der Waals surface area contributed by atoms with Crippen molar-refractivity contribution >= 4 is 10.9 Å². The summed E-state index contributed by atoms with van der Waals surface area (Å²) in [4.78, 5) is 4.74. The van der Waals surface area contributed by atoms with Crippen LogP contribution >= 0.6 is 0 Å². The van der Waals surface area contributed by atoms with Gasteiger partial charge in [-0.25, -0.2) is 0 Å². The predicted octanol–water partition coefficient (Wildman–Crippen LogP) is 3.78. The molecular formula is C16H22N2. The first-order valence-electron chi connectivity index (χ1n) is 6.73. The number of aryl methyl sites for hydroxylation is 1. The third kappa shape index (κ3) is 2.54. The molecule has 18 heavy (non-hydrogen) atoms. The topological polar surface area (TPSA) is 24.9 Å². The first-order chi connectivity index (χ1) is 8.63. The fourth-order valence-electron chi connectivity index (χ4n) is 2.36. The van der Waals surface area contributed by atoms with Gasteiger partial charge >= 0.3 is 0 Å². The maximum Gasteiger partial charge on any atom is 0.0742 e. The number of benzene rings is 1. The van der Waals surface area contributed by atoms with Gasteiger partial charge in [-0.2, -0.15) is 0 Å². The number of hydrogen-bond acceptors (Lipinski definition) is 2. The van der Waals surface area contributed by atoms with Crippen LogP contribution in [0.4, 0.5) is 0 Å². The van der Waals surface area contributed by atoms with Crippen molar-refractivity contribution < 1.29 is 0 Å². The number of para-hydroxylation sites is 1. The smallest absolute Gasteiger partial charge is 0.0742 e. The SMILES string of the molecule is CCNCc1cc(C)nc2c(C(C)C)cccc12. The molecule has 0 unspecified atom stereocenters. The van der Waals surface area contributed by atoms with Crippen LogP contribution in [0.15, 0.2) is 24.3 Å². The highest BCUT2D eigenvalue weighted by molar-refractivity contribution is 5.85. The molecular weight excluding hydrogens is 220 g/mol. The van der Waals surface area contributed by atoms with E-state index in [2.05, 4.69) is 57.3 Å². The van der Waals surface area contributed by atoms with Crippen LogP contribution in [0.1, 0.15) is 43.5 Å². The number of pyridine rings is 1. The second-order valence-corrected chi connectivity index (χ2v) is 5.10. The molecule has 2 nitrogen and oxygen atoms in total. The normalized spacial score (nSPS) is 11.4. The molecule has 0 atom stereocenters. The van der Waals surface area contributed by atoms with Crippen LogP contribution in [0.25, 0.3) is 10.9 Å². The van der Waals surface area contributed by atoms with Crippen molar-refractivity contribution in [2.45, 2.75) is 40.2 Å². The van der Waals surface area contributed by atoms with E-state index in [1.54, 1.807) is 0 Å². The number of hydrogen-bond donors (Lipinski definition) is 1. The van der Waals surface area contributed by atoms with E-state index < -0.39 is 0 Å². The molecule has 1 aromatic carbocycles. The van der Waals surface area contributed by atoms with Gasteiger partial charge in [0.05, 0.1) is 5.52 Å². The maximum absolute atomic E-state index is 4.74. The minimum atomic E-state index is 0.509. The fourth-order valence-corrected chi connectivity index (χ4v) is 2.36. The van der Waals surface area contributed by atoms with Crippen molar-refractivity contribution in [3.8, 4) is 0 Å². The Morgan fingerprint density at radius 1 is 1.28 bits per heavy atom. The Morgan fingerprint density at radius 2 is 2.06 bits per heavy atom. The molecule has 96 valence electrons. The molecule has 0 aliphatic carbocycles. The minimum absolute atomic E-state index is 0.509. The van der Waals surface area contributed by atoms with Gasteiger partial charge in [0.1, 0.15) is 0 Å². The zero-order chi connectivity index (χ0) is 13.1. The molecule has 0 fully saturated rings. The van der Waals surface area contributed by atoms with Gasteiger partial charge < -0.3 is 5.32 Å². The molecule has 0 aliphatic heterocycles. The molecule has 1 N–H and O–H groups in total. The summed E-state index contributed by atoms with van der Waals surface area (Å²) >= 11 is 0. The summed E-state index contributed by atoms with van der Waals surface area (Å²) in [5, 5.41) is 4.69. The van der Waals surface area contributed by atoms with Crippen LogP contribution in [0.2, 0.25) is 0 Å². The summed E-state index contributed by atoms with van der Waals surface area (Å²) in [6.07, 6.45) is 0. The Balaban J connectivity index is 2.62. The van der Waals surface area contributed by atoms with Crippen LogP contribution in [0.3, 0.4) is 0 Å². The molecule has 0 saturated carbocycles. The van der Waals surface area contributed by atoms with E-state index >= 15 is 0 Å². The van der Waals surface area contributed by atoms with E-state index in [4.69, 9.17) is 4.98 Å². The average molecular weight is 242 g/mol. The van der Waals surface area contributed by atoms with Gasteiger partial charge in [-0.05, 0) is 36.6 Å². The molecule has 2 heteroatoms.